The quantitative estimate of drug-likeness (QED) is 0.730. The molecule has 0 amide bonds. The molecular formula is C19H19ClN4O. The first-order chi connectivity index (χ1) is 12.0. The van der Waals surface area contributed by atoms with Gasteiger partial charge in [0.05, 0.1) is 5.69 Å². The number of guanidine groups is 1. The second-order valence-electron chi connectivity index (χ2n) is 5.77. The molecule has 3 rings (SSSR count). The second kappa shape index (κ2) is 7.40. The Balaban J connectivity index is 1.87. The van der Waals surface area contributed by atoms with E-state index in [1.807, 2.05) is 49.4 Å². The number of halogens is 1. The van der Waals surface area contributed by atoms with Crippen molar-refractivity contribution < 1.29 is 4.79 Å². The first-order valence-corrected chi connectivity index (χ1v) is 8.31. The van der Waals surface area contributed by atoms with Crippen LogP contribution in [0.4, 0.5) is 5.69 Å². The van der Waals surface area contributed by atoms with Crippen LogP contribution in [0.3, 0.4) is 0 Å². The smallest absolute Gasteiger partial charge is 0.215 e. The fourth-order valence-corrected chi connectivity index (χ4v) is 2.86. The Bertz CT molecular complexity index is 828. The highest BCUT2D eigenvalue weighted by Crippen LogP contribution is 2.31. The fourth-order valence-electron chi connectivity index (χ4n) is 2.74. The third kappa shape index (κ3) is 4.00. The summed E-state index contributed by atoms with van der Waals surface area (Å²) in [4.78, 5) is 16.8. The number of benzene rings is 2. The Morgan fingerprint density at radius 1 is 1.08 bits per heavy atom. The van der Waals surface area contributed by atoms with Crippen molar-refractivity contribution in [2.75, 3.05) is 5.43 Å². The van der Waals surface area contributed by atoms with Gasteiger partial charge in [0.2, 0.25) is 5.96 Å². The average Bonchev–Trinajstić information content (AvgIpc) is 2.60. The van der Waals surface area contributed by atoms with Crippen molar-refractivity contribution in [3.8, 4) is 0 Å². The van der Waals surface area contributed by atoms with Gasteiger partial charge in [-0.2, -0.15) is 0 Å². The summed E-state index contributed by atoms with van der Waals surface area (Å²) < 4.78 is 0. The number of allylic oxidation sites excluding steroid dienone is 1. The zero-order valence-electron chi connectivity index (χ0n) is 14.0. The molecular weight excluding hydrogens is 336 g/mol. The van der Waals surface area contributed by atoms with Gasteiger partial charge in [0.25, 0.3) is 0 Å². The van der Waals surface area contributed by atoms with Gasteiger partial charge >= 0.3 is 0 Å². The van der Waals surface area contributed by atoms with E-state index >= 15 is 0 Å². The van der Waals surface area contributed by atoms with Gasteiger partial charge in [-0.25, -0.2) is 4.99 Å². The Morgan fingerprint density at radius 2 is 1.76 bits per heavy atom. The maximum Gasteiger partial charge on any atom is 0.215 e. The van der Waals surface area contributed by atoms with Gasteiger partial charge in [-0.05, 0) is 43.7 Å². The lowest BCUT2D eigenvalue weighted by Crippen LogP contribution is -2.43. The van der Waals surface area contributed by atoms with E-state index in [-0.39, 0.29) is 11.8 Å². The molecule has 0 saturated heterocycles. The monoisotopic (exact) mass is 354 g/mol. The minimum absolute atomic E-state index is 0.0104. The van der Waals surface area contributed by atoms with Gasteiger partial charge in [0.1, 0.15) is 6.04 Å². The Morgan fingerprint density at radius 3 is 2.40 bits per heavy atom. The summed E-state index contributed by atoms with van der Waals surface area (Å²) in [5, 5.41) is 3.79. The van der Waals surface area contributed by atoms with E-state index in [0.717, 1.165) is 16.9 Å². The Hall–Kier alpha value is -2.79. The SMILES string of the molecule is CC(=O)C1=C(C)NC(NNc2ccccc2)=NC1c1ccc(Cl)cc1. The number of carbonyl (C=O) groups is 1. The predicted molar refractivity (Wildman–Crippen MR) is 101 cm³/mol. The lowest BCUT2D eigenvalue weighted by atomic mass is 9.94. The van der Waals surface area contributed by atoms with Crippen molar-refractivity contribution >= 4 is 29.0 Å². The summed E-state index contributed by atoms with van der Waals surface area (Å²) in [5.41, 5.74) is 9.39. The zero-order valence-corrected chi connectivity index (χ0v) is 14.8. The number of carbonyl (C=O) groups excluding carboxylic acids is 1. The molecule has 1 aliphatic rings. The largest absolute Gasteiger partial charge is 0.328 e. The molecule has 1 unspecified atom stereocenters. The number of Topliss-reactive ketones (excluding diaryl/α,β-unsaturated/α-hetero) is 1. The fraction of sp³-hybridized carbons (Fsp3) is 0.158. The molecule has 1 heterocycles. The molecule has 1 aliphatic heterocycles. The number of hydrogen-bond acceptors (Lipinski definition) is 5. The number of aliphatic imine (C=N–C) groups is 1. The molecule has 25 heavy (non-hydrogen) atoms. The molecule has 2 aromatic rings. The number of hydrogen-bond donors (Lipinski definition) is 3. The molecule has 0 radical (unpaired) electrons. The Labute approximate surface area is 151 Å². The summed E-state index contributed by atoms with van der Waals surface area (Å²) in [7, 11) is 0. The number of hydrazine groups is 1. The summed E-state index contributed by atoms with van der Waals surface area (Å²) in [6, 6.07) is 16.7. The van der Waals surface area contributed by atoms with E-state index < -0.39 is 0 Å². The lowest BCUT2D eigenvalue weighted by Gasteiger charge is -2.26. The molecule has 128 valence electrons. The molecule has 6 heteroatoms. The van der Waals surface area contributed by atoms with E-state index in [1.54, 1.807) is 19.1 Å². The van der Waals surface area contributed by atoms with Crippen molar-refractivity contribution in [3.05, 3.63) is 76.5 Å². The number of nitrogens with zero attached hydrogens (tertiary/aromatic N) is 1. The van der Waals surface area contributed by atoms with Crippen LogP contribution >= 0.6 is 11.6 Å². The highest BCUT2D eigenvalue weighted by molar-refractivity contribution is 6.30. The summed E-state index contributed by atoms with van der Waals surface area (Å²) in [6.45, 7) is 3.43. The van der Waals surface area contributed by atoms with E-state index in [1.165, 1.54) is 0 Å². The van der Waals surface area contributed by atoms with E-state index in [4.69, 9.17) is 11.6 Å². The second-order valence-corrected chi connectivity index (χ2v) is 6.20. The van der Waals surface area contributed by atoms with Crippen LogP contribution in [0.1, 0.15) is 25.5 Å². The molecule has 5 nitrogen and oxygen atoms in total. The average molecular weight is 355 g/mol. The highest BCUT2D eigenvalue weighted by atomic mass is 35.5. The van der Waals surface area contributed by atoms with Crippen molar-refractivity contribution in [3.63, 3.8) is 0 Å². The number of anilines is 1. The normalized spacial score (nSPS) is 16.8. The molecule has 0 aromatic heterocycles. The van der Waals surface area contributed by atoms with Crippen molar-refractivity contribution in [2.24, 2.45) is 4.99 Å². The molecule has 1 atom stereocenters. The topological polar surface area (TPSA) is 65.5 Å². The first-order valence-electron chi connectivity index (χ1n) is 7.93. The van der Waals surface area contributed by atoms with Crippen LogP contribution < -0.4 is 16.2 Å². The molecule has 2 aromatic carbocycles. The van der Waals surface area contributed by atoms with Crippen LogP contribution in [0.15, 0.2) is 70.9 Å². The van der Waals surface area contributed by atoms with Gasteiger partial charge in [0.15, 0.2) is 5.78 Å². The van der Waals surface area contributed by atoms with E-state index in [0.29, 0.717) is 16.6 Å². The molecule has 0 fully saturated rings. The minimum atomic E-state index is -0.379. The van der Waals surface area contributed by atoms with E-state index in [2.05, 4.69) is 21.2 Å². The van der Waals surface area contributed by atoms with Gasteiger partial charge < -0.3 is 5.32 Å². The molecule has 0 saturated carbocycles. The summed E-state index contributed by atoms with van der Waals surface area (Å²) in [5.74, 6) is 0.537. The van der Waals surface area contributed by atoms with Gasteiger partial charge in [-0.15, -0.1) is 0 Å². The standard InChI is InChI=1S/C19H19ClN4O/c1-12-17(13(2)25)18(14-8-10-15(20)11-9-14)22-19(21-12)24-23-16-6-4-3-5-7-16/h3-11,18,23H,1-2H3,(H2,21,22,24). The highest BCUT2D eigenvalue weighted by Gasteiger charge is 2.27. The van der Waals surface area contributed by atoms with Crippen molar-refractivity contribution in [1.29, 1.82) is 0 Å². The number of ketones is 1. The van der Waals surface area contributed by atoms with Gasteiger partial charge in [-0.1, -0.05) is 41.9 Å². The molecule has 3 N–H and O–H groups in total. The summed E-state index contributed by atoms with van der Waals surface area (Å²) in [6.07, 6.45) is 0. The molecule has 0 spiro atoms. The minimum Gasteiger partial charge on any atom is -0.328 e. The maximum absolute atomic E-state index is 12.1. The van der Waals surface area contributed by atoms with Crippen molar-refractivity contribution in [2.45, 2.75) is 19.9 Å². The van der Waals surface area contributed by atoms with Crippen molar-refractivity contribution in [1.82, 2.24) is 10.7 Å². The molecule has 0 bridgehead atoms. The maximum atomic E-state index is 12.1. The number of nitrogens with one attached hydrogen (secondary N) is 3. The van der Waals surface area contributed by atoms with E-state index in [9.17, 15) is 4.79 Å². The molecule has 0 aliphatic carbocycles. The zero-order chi connectivity index (χ0) is 17.8. The Kier molecular flexibility index (Phi) is 5.05. The number of rotatable bonds is 4. The lowest BCUT2D eigenvalue weighted by molar-refractivity contribution is -0.114. The summed E-state index contributed by atoms with van der Waals surface area (Å²) >= 11 is 5.97. The first kappa shape index (κ1) is 17.0. The number of para-hydroxylation sites is 1. The third-order valence-electron chi connectivity index (χ3n) is 3.91. The van der Waals surface area contributed by atoms with Crippen LogP contribution in [0.5, 0.6) is 0 Å². The van der Waals surface area contributed by atoms with Gasteiger partial charge in [0, 0.05) is 16.3 Å². The van der Waals surface area contributed by atoms with Crippen LogP contribution in [0.2, 0.25) is 5.02 Å². The van der Waals surface area contributed by atoms with Crippen LogP contribution in [0, 0.1) is 0 Å². The third-order valence-corrected chi connectivity index (χ3v) is 4.16. The van der Waals surface area contributed by atoms with Crippen LogP contribution in [-0.2, 0) is 4.79 Å². The van der Waals surface area contributed by atoms with Gasteiger partial charge in [-0.3, -0.25) is 15.6 Å². The van der Waals surface area contributed by atoms with Crippen LogP contribution in [-0.4, -0.2) is 11.7 Å². The van der Waals surface area contributed by atoms with Crippen LogP contribution in [0.25, 0.3) is 0 Å². The predicted octanol–water partition coefficient (Wildman–Crippen LogP) is 3.82.